The van der Waals surface area contributed by atoms with E-state index in [0.717, 1.165) is 10.4 Å². The number of thiophene rings is 1. The zero-order valence-corrected chi connectivity index (χ0v) is 10.7. The van der Waals surface area contributed by atoms with Crippen molar-refractivity contribution in [3.63, 3.8) is 0 Å². The first-order chi connectivity index (χ1) is 8.36. The lowest BCUT2D eigenvalue weighted by Gasteiger charge is -2.02. The molecule has 0 saturated carbocycles. The van der Waals surface area contributed by atoms with Crippen LogP contribution in [0.4, 0.5) is 0 Å². The van der Waals surface area contributed by atoms with Gasteiger partial charge in [0.2, 0.25) is 0 Å². The van der Waals surface area contributed by atoms with Crippen molar-refractivity contribution in [2.75, 3.05) is 0 Å². The van der Waals surface area contributed by atoms with Crippen LogP contribution in [0.3, 0.4) is 0 Å². The van der Waals surface area contributed by atoms with E-state index in [1.807, 2.05) is 18.2 Å². The molecule has 0 bridgehead atoms. The first-order valence-electron chi connectivity index (χ1n) is 5.42. The molecule has 3 rings (SSSR count). The van der Waals surface area contributed by atoms with Gasteiger partial charge in [0.05, 0.1) is 4.86 Å². The summed E-state index contributed by atoms with van der Waals surface area (Å²) in [5, 5.41) is 3.41. The van der Waals surface area contributed by atoms with Crippen molar-refractivity contribution >= 4 is 38.5 Å². The van der Waals surface area contributed by atoms with Gasteiger partial charge in [-0.25, -0.2) is 0 Å². The van der Waals surface area contributed by atoms with Crippen LogP contribution in [0.2, 0.25) is 0 Å². The molecule has 0 amide bonds. The molecule has 0 nitrogen and oxygen atoms in total. The Morgan fingerprint density at radius 2 is 1.59 bits per heavy atom. The predicted molar refractivity (Wildman–Crippen MR) is 79.1 cm³/mol. The molecule has 0 radical (unpaired) electrons. The monoisotopic (exact) mass is 254 g/mol. The summed E-state index contributed by atoms with van der Waals surface area (Å²) in [7, 11) is 0. The maximum absolute atomic E-state index is 5.57. The number of rotatable bonds is 2. The van der Waals surface area contributed by atoms with Crippen LogP contribution in [0.5, 0.6) is 0 Å². The van der Waals surface area contributed by atoms with Crippen molar-refractivity contribution in [1.82, 2.24) is 0 Å². The molecule has 2 aromatic carbocycles. The molecule has 0 atom stereocenters. The van der Waals surface area contributed by atoms with Crippen molar-refractivity contribution < 1.29 is 0 Å². The van der Waals surface area contributed by atoms with Gasteiger partial charge in [-0.05, 0) is 11.6 Å². The fourth-order valence-electron chi connectivity index (χ4n) is 1.90. The largest absolute Gasteiger partial charge is 0.143 e. The van der Waals surface area contributed by atoms with Crippen molar-refractivity contribution in [1.29, 1.82) is 0 Å². The average molecular weight is 254 g/mol. The third kappa shape index (κ3) is 1.90. The summed E-state index contributed by atoms with van der Waals surface area (Å²) < 4.78 is 1.29. The van der Waals surface area contributed by atoms with E-state index in [9.17, 15) is 0 Å². The molecular weight excluding hydrogens is 244 g/mol. The van der Waals surface area contributed by atoms with E-state index in [1.54, 1.807) is 11.3 Å². The van der Waals surface area contributed by atoms with Crippen LogP contribution < -0.4 is 0 Å². The molecule has 0 aliphatic heterocycles. The van der Waals surface area contributed by atoms with Crippen molar-refractivity contribution in [2.24, 2.45) is 0 Å². The van der Waals surface area contributed by atoms with E-state index in [1.165, 1.54) is 15.6 Å². The third-order valence-corrected chi connectivity index (χ3v) is 4.18. The molecule has 0 aliphatic carbocycles. The molecule has 2 heteroatoms. The predicted octanol–water partition coefficient (Wildman–Crippen LogP) is 4.67. The summed E-state index contributed by atoms with van der Waals surface area (Å²) in [6.45, 7) is 0. The van der Waals surface area contributed by atoms with E-state index in [0.29, 0.717) is 0 Å². The second-order valence-electron chi connectivity index (χ2n) is 3.84. The van der Waals surface area contributed by atoms with Gasteiger partial charge in [0.25, 0.3) is 0 Å². The molecular formula is C15H10S2. The van der Waals surface area contributed by atoms with E-state index in [4.69, 9.17) is 12.2 Å². The van der Waals surface area contributed by atoms with Crippen LogP contribution in [0.25, 0.3) is 10.1 Å². The Hall–Kier alpha value is -1.51. The molecule has 0 spiro atoms. The Bertz CT molecular complexity index is 665. The van der Waals surface area contributed by atoms with Crippen LogP contribution in [0.15, 0.2) is 60.0 Å². The summed E-state index contributed by atoms with van der Waals surface area (Å²) in [6, 6.07) is 18.6. The topological polar surface area (TPSA) is 0 Å². The Morgan fingerprint density at radius 1 is 0.882 bits per heavy atom. The van der Waals surface area contributed by atoms with E-state index in [-0.39, 0.29) is 0 Å². The van der Waals surface area contributed by atoms with Gasteiger partial charge < -0.3 is 0 Å². The molecule has 0 unspecified atom stereocenters. The fourth-order valence-corrected chi connectivity index (χ4v) is 3.23. The first kappa shape index (κ1) is 10.6. The fraction of sp³-hybridized carbons (Fsp3) is 0. The van der Waals surface area contributed by atoms with Gasteiger partial charge in [-0.3, -0.25) is 0 Å². The standard InChI is InChI=1S/C15H10S2/c16-15(11-6-2-1-3-7-11)13-10-17-14-9-5-4-8-12(13)14/h1-10H. The normalized spacial score (nSPS) is 10.6. The Labute approximate surface area is 110 Å². The SMILES string of the molecule is S=C(c1ccccc1)c1csc2ccccc12. The summed E-state index contributed by atoms with van der Waals surface area (Å²) in [6.07, 6.45) is 0. The second kappa shape index (κ2) is 4.40. The van der Waals surface area contributed by atoms with E-state index in [2.05, 4.69) is 41.8 Å². The highest BCUT2D eigenvalue weighted by atomic mass is 32.1. The van der Waals surface area contributed by atoms with Crippen molar-refractivity contribution in [3.05, 3.63) is 71.1 Å². The minimum Gasteiger partial charge on any atom is -0.143 e. The van der Waals surface area contributed by atoms with Gasteiger partial charge in [-0.2, -0.15) is 0 Å². The molecule has 82 valence electrons. The highest BCUT2D eigenvalue weighted by Gasteiger charge is 2.09. The average Bonchev–Trinajstić information content (AvgIpc) is 2.83. The first-order valence-corrected chi connectivity index (χ1v) is 6.71. The van der Waals surface area contributed by atoms with Crippen LogP contribution in [0, 0.1) is 0 Å². The van der Waals surface area contributed by atoms with Crippen molar-refractivity contribution in [3.8, 4) is 0 Å². The maximum Gasteiger partial charge on any atom is 0.0536 e. The van der Waals surface area contributed by atoms with Gasteiger partial charge in [0.1, 0.15) is 0 Å². The lowest BCUT2D eigenvalue weighted by Crippen LogP contribution is -1.97. The van der Waals surface area contributed by atoms with E-state index < -0.39 is 0 Å². The molecule has 1 aromatic heterocycles. The van der Waals surface area contributed by atoms with E-state index >= 15 is 0 Å². The Balaban J connectivity index is 2.14. The number of hydrogen-bond donors (Lipinski definition) is 0. The van der Waals surface area contributed by atoms with Crippen LogP contribution in [-0.4, -0.2) is 4.86 Å². The van der Waals surface area contributed by atoms with Gasteiger partial charge in [-0.1, -0.05) is 60.7 Å². The minimum atomic E-state index is 0.933. The zero-order chi connectivity index (χ0) is 11.7. The lowest BCUT2D eigenvalue weighted by molar-refractivity contribution is 1.66. The quantitative estimate of drug-likeness (QED) is 0.473. The number of benzene rings is 2. The molecule has 0 fully saturated rings. The second-order valence-corrected chi connectivity index (χ2v) is 5.16. The van der Waals surface area contributed by atoms with Gasteiger partial charge >= 0.3 is 0 Å². The van der Waals surface area contributed by atoms with Crippen LogP contribution >= 0.6 is 23.6 Å². The summed E-state index contributed by atoms with van der Waals surface area (Å²) >= 11 is 7.32. The molecule has 0 saturated heterocycles. The lowest BCUT2D eigenvalue weighted by atomic mass is 10.0. The molecule has 0 N–H and O–H groups in total. The number of hydrogen-bond acceptors (Lipinski definition) is 2. The number of fused-ring (bicyclic) bond motifs is 1. The highest BCUT2D eigenvalue weighted by Crippen LogP contribution is 2.27. The molecule has 3 aromatic rings. The van der Waals surface area contributed by atoms with Gasteiger partial charge in [0, 0.05) is 21.0 Å². The smallest absolute Gasteiger partial charge is 0.0536 e. The molecule has 17 heavy (non-hydrogen) atoms. The zero-order valence-electron chi connectivity index (χ0n) is 9.09. The Morgan fingerprint density at radius 3 is 2.41 bits per heavy atom. The van der Waals surface area contributed by atoms with Gasteiger partial charge in [-0.15, -0.1) is 11.3 Å². The molecule has 0 aliphatic rings. The molecule has 1 heterocycles. The Kier molecular flexibility index (Phi) is 2.75. The summed E-state index contributed by atoms with van der Waals surface area (Å²) in [4.78, 5) is 0.933. The number of thiocarbonyl (C=S) groups is 1. The van der Waals surface area contributed by atoms with Crippen molar-refractivity contribution in [2.45, 2.75) is 0 Å². The summed E-state index contributed by atoms with van der Waals surface area (Å²) in [5.41, 5.74) is 2.29. The highest BCUT2D eigenvalue weighted by molar-refractivity contribution is 7.81. The van der Waals surface area contributed by atoms with Gasteiger partial charge in [0.15, 0.2) is 0 Å². The maximum atomic E-state index is 5.57. The minimum absolute atomic E-state index is 0.933. The summed E-state index contributed by atoms with van der Waals surface area (Å²) in [5.74, 6) is 0. The van der Waals surface area contributed by atoms with Crippen LogP contribution in [-0.2, 0) is 0 Å². The third-order valence-electron chi connectivity index (χ3n) is 2.76. The van der Waals surface area contributed by atoms with Crippen LogP contribution in [0.1, 0.15) is 11.1 Å².